The highest BCUT2D eigenvalue weighted by molar-refractivity contribution is 7.90. The summed E-state index contributed by atoms with van der Waals surface area (Å²) < 4.78 is 34.2. The van der Waals surface area contributed by atoms with Crippen molar-refractivity contribution >= 4 is 37.4 Å². The standard InChI is InChI=1S/C15H13N3O5S2/c1-22-13-8(5-4-6-16-13)10-11-9(24-12(10)14(19)23-2)7-17-15(18-11)25(3,20)21/h4-7H,1-3H3. The van der Waals surface area contributed by atoms with Crippen LogP contribution < -0.4 is 4.74 Å². The van der Waals surface area contributed by atoms with Crippen LogP contribution in [0.4, 0.5) is 0 Å². The molecule has 0 saturated carbocycles. The fourth-order valence-electron chi connectivity index (χ4n) is 2.29. The summed E-state index contributed by atoms with van der Waals surface area (Å²) in [6, 6.07) is 3.39. The molecule has 0 bridgehead atoms. The Hall–Kier alpha value is -2.59. The van der Waals surface area contributed by atoms with Crippen molar-refractivity contribution in [2.45, 2.75) is 5.16 Å². The molecule has 3 aromatic rings. The molecule has 0 N–H and O–H groups in total. The second-order valence-corrected chi connectivity index (χ2v) is 7.96. The predicted molar refractivity (Wildman–Crippen MR) is 91.6 cm³/mol. The van der Waals surface area contributed by atoms with Crippen LogP contribution in [0.25, 0.3) is 21.3 Å². The number of sulfone groups is 1. The zero-order chi connectivity index (χ0) is 18.2. The molecule has 130 valence electrons. The van der Waals surface area contributed by atoms with Crippen LogP contribution in [0.15, 0.2) is 29.7 Å². The van der Waals surface area contributed by atoms with Gasteiger partial charge in [0.1, 0.15) is 4.88 Å². The van der Waals surface area contributed by atoms with E-state index in [4.69, 9.17) is 9.47 Å². The SMILES string of the molecule is COC(=O)c1sc2cnc(S(C)(=O)=O)nc2c1-c1cccnc1OC. The van der Waals surface area contributed by atoms with Crippen LogP contribution in [-0.4, -0.2) is 49.8 Å². The third-order valence-electron chi connectivity index (χ3n) is 3.35. The smallest absolute Gasteiger partial charge is 0.348 e. The quantitative estimate of drug-likeness (QED) is 0.500. The van der Waals surface area contributed by atoms with E-state index in [1.807, 2.05) is 0 Å². The number of carbonyl (C=O) groups excluding carboxylic acids is 1. The number of aromatic nitrogens is 3. The first kappa shape index (κ1) is 17.2. The van der Waals surface area contributed by atoms with E-state index in [0.29, 0.717) is 21.3 Å². The average Bonchev–Trinajstić information content (AvgIpc) is 2.98. The van der Waals surface area contributed by atoms with Gasteiger partial charge in [0.05, 0.1) is 24.4 Å². The summed E-state index contributed by atoms with van der Waals surface area (Å²) in [6.07, 6.45) is 3.94. The van der Waals surface area contributed by atoms with Crippen molar-refractivity contribution in [1.29, 1.82) is 0 Å². The lowest BCUT2D eigenvalue weighted by molar-refractivity contribution is 0.0607. The van der Waals surface area contributed by atoms with Gasteiger partial charge >= 0.3 is 5.97 Å². The van der Waals surface area contributed by atoms with E-state index in [9.17, 15) is 13.2 Å². The lowest BCUT2D eigenvalue weighted by Crippen LogP contribution is -2.04. The molecule has 0 aliphatic heterocycles. The first-order valence-electron chi connectivity index (χ1n) is 6.94. The summed E-state index contributed by atoms with van der Waals surface area (Å²) in [7, 11) is -0.884. The number of esters is 1. The third-order valence-corrected chi connectivity index (χ3v) is 5.30. The van der Waals surface area contributed by atoms with Gasteiger partial charge in [-0.1, -0.05) is 0 Å². The molecule has 0 aromatic carbocycles. The number of thiophene rings is 1. The molecule has 0 aliphatic carbocycles. The maximum absolute atomic E-state index is 12.2. The van der Waals surface area contributed by atoms with Crippen molar-refractivity contribution in [3.8, 4) is 17.0 Å². The summed E-state index contributed by atoms with van der Waals surface area (Å²) in [5.74, 6) is -0.281. The molecule has 0 unspecified atom stereocenters. The predicted octanol–water partition coefficient (Wildman–Crippen LogP) is 1.95. The Labute approximate surface area is 147 Å². The number of fused-ring (bicyclic) bond motifs is 1. The molecule has 0 radical (unpaired) electrons. The monoisotopic (exact) mass is 379 g/mol. The van der Waals surface area contributed by atoms with Gasteiger partial charge in [0.15, 0.2) is 0 Å². The van der Waals surface area contributed by atoms with Crippen molar-refractivity contribution < 1.29 is 22.7 Å². The summed E-state index contributed by atoms with van der Waals surface area (Å²) in [5.41, 5.74) is 1.24. The molecule has 10 heteroatoms. The normalized spacial score (nSPS) is 11.5. The third kappa shape index (κ3) is 3.05. The second-order valence-electron chi connectivity index (χ2n) is 5.00. The number of carbonyl (C=O) groups is 1. The highest BCUT2D eigenvalue weighted by atomic mass is 32.2. The first-order valence-corrected chi connectivity index (χ1v) is 9.65. The molecule has 25 heavy (non-hydrogen) atoms. The second kappa shape index (κ2) is 6.37. The fraction of sp³-hybridized carbons (Fsp3) is 0.200. The minimum Gasteiger partial charge on any atom is -0.481 e. The van der Waals surface area contributed by atoms with Crippen molar-refractivity contribution in [2.24, 2.45) is 0 Å². The Balaban J connectivity index is 2.42. The van der Waals surface area contributed by atoms with Crippen LogP contribution in [0.3, 0.4) is 0 Å². The van der Waals surface area contributed by atoms with Crippen LogP contribution in [0, 0.1) is 0 Å². The lowest BCUT2D eigenvalue weighted by Gasteiger charge is -2.08. The maximum atomic E-state index is 12.2. The zero-order valence-corrected chi connectivity index (χ0v) is 15.1. The molecule has 0 aliphatic rings. The van der Waals surface area contributed by atoms with E-state index in [1.165, 1.54) is 20.4 Å². The zero-order valence-electron chi connectivity index (χ0n) is 13.5. The van der Waals surface area contributed by atoms with Gasteiger partial charge in [0.2, 0.25) is 20.9 Å². The molecule has 3 heterocycles. The van der Waals surface area contributed by atoms with Gasteiger partial charge < -0.3 is 9.47 Å². The van der Waals surface area contributed by atoms with Crippen molar-refractivity contribution in [3.63, 3.8) is 0 Å². The van der Waals surface area contributed by atoms with Gasteiger partial charge in [0, 0.05) is 29.8 Å². The number of hydrogen-bond acceptors (Lipinski definition) is 9. The van der Waals surface area contributed by atoms with E-state index in [0.717, 1.165) is 17.6 Å². The minimum absolute atomic E-state index is 0.267. The van der Waals surface area contributed by atoms with Gasteiger partial charge in [-0.25, -0.2) is 28.2 Å². The Bertz CT molecular complexity index is 1080. The topological polar surface area (TPSA) is 108 Å². The molecule has 0 amide bonds. The molecule has 0 saturated heterocycles. The minimum atomic E-state index is -3.61. The first-order chi connectivity index (χ1) is 11.9. The largest absolute Gasteiger partial charge is 0.481 e. The van der Waals surface area contributed by atoms with Crippen molar-refractivity contribution in [1.82, 2.24) is 15.0 Å². The van der Waals surface area contributed by atoms with E-state index in [1.54, 1.807) is 18.3 Å². The van der Waals surface area contributed by atoms with E-state index in [2.05, 4.69) is 15.0 Å². The summed E-state index contributed by atoms with van der Waals surface area (Å²) >= 11 is 1.11. The van der Waals surface area contributed by atoms with E-state index >= 15 is 0 Å². The van der Waals surface area contributed by atoms with Gasteiger partial charge in [-0.2, -0.15) is 0 Å². The highest BCUT2D eigenvalue weighted by Crippen LogP contribution is 2.41. The number of pyridine rings is 1. The number of methoxy groups -OCH3 is 2. The van der Waals surface area contributed by atoms with Crippen LogP contribution in [0.1, 0.15) is 9.67 Å². The summed E-state index contributed by atoms with van der Waals surface area (Å²) in [6.45, 7) is 0. The fourth-order valence-corrected chi connectivity index (χ4v) is 3.83. The van der Waals surface area contributed by atoms with Crippen LogP contribution in [0.2, 0.25) is 0 Å². The maximum Gasteiger partial charge on any atom is 0.348 e. The average molecular weight is 379 g/mol. The Morgan fingerprint density at radius 2 is 2.00 bits per heavy atom. The van der Waals surface area contributed by atoms with E-state index in [-0.39, 0.29) is 15.9 Å². The van der Waals surface area contributed by atoms with Gasteiger partial charge in [0.25, 0.3) is 0 Å². The Kier molecular flexibility index (Phi) is 4.39. The van der Waals surface area contributed by atoms with Crippen molar-refractivity contribution in [3.05, 3.63) is 29.4 Å². The van der Waals surface area contributed by atoms with Gasteiger partial charge in [-0.3, -0.25) is 0 Å². The molecular weight excluding hydrogens is 366 g/mol. The molecule has 0 fully saturated rings. The van der Waals surface area contributed by atoms with Crippen LogP contribution in [0.5, 0.6) is 5.88 Å². The Morgan fingerprint density at radius 3 is 2.64 bits per heavy atom. The van der Waals surface area contributed by atoms with Crippen molar-refractivity contribution in [2.75, 3.05) is 20.5 Å². The van der Waals surface area contributed by atoms with E-state index < -0.39 is 15.8 Å². The number of hydrogen-bond donors (Lipinski definition) is 0. The number of nitrogens with zero attached hydrogens (tertiary/aromatic N) is 3. The van der Waals surface area contributed by atoms with Gasteiger partial charge in [-0.05, 0) is 12.1 Å². The molecular formula is C15H13N3O5S2. The summed E-state index contributed by atoms with van der Waals surface area (Å²) in [5, 5.41) is -0.321. The molecule has 3 rings (SSSR count). The molecule has 3 aromatic heterocycles. The Morgan fingerprint density at radius 1 is 1.24 bits per heavy atom. The van der Waals surface area contributed by atoms with Gasteiger partial charge in [-0.15, -0.1) is 11.3 Å². The lowest BCUT2D eigenvalue weighted by atomic mass is 10.1. The molecule has 0 spiro atoms. The summed E-state index contributed by atoms with van der Waals surface area (Å²) in [4.78, 5) is 24.6. The number of rotatable bonds is 4. The highest BCUT2D eigenvalue weighted by Gasteiger charge is 2.25. The van der Waals surface area contributed by atoms with Crippen LogP contribution >= 0.6 is 11.3 Å². The molecule has 8 nitrogen and oxygen atoms in total. The van der Waals surface area contributed by atoms with Crippen LogP contribution in [-0.2, 0) is 14.6 Å². The molecule has 0 atom stereocenters. The number of ether oxygens (including phenoxy) is 2.